The molecule has 1 aliphatic heterocycles. The van der Waals surface area contributed by atoms with Gasteiger partial charge in [0.25, 0.3) is 5.91 Å². The van der Waals surface area contributed by atoms with Crippen LogP contribution in [0.25, 0.3) is 0 Å². The lowest BCUT2D eigenvalue weighted by Gasteiger charge is -2.18. The van der Waals surface area contributed by atoms with Gasteiger partial charge in [0.1, 0.15) is 6.04 Å². The number of ether oxygens (including phenoxy) is 1. The highest BCUT2D eigenvalue weighted by Gasteiger charge is 2.24. The summed E-state index contributed by atoms with van der Waals surface area (Å²) in [7, 11) is 0. The van der Waals surface area contributed by atoms with Gasteiger partial charge in [-0.2, -0.15) is 0 Å². The van der Waals surface area contributed by atoms with E-state index in [9.17, 15) is 9.59 Å². The van der Waals surface area contributed by atoms with Gasteiger partial charge in [-0.15, -0.1) is 11.3 Å². The molecule has 0 saturated carbocycles. The van der Waals surface area contributed by atoms with Crippen LogP contribution < -0.4 is 11.1 Å². The molecular weight excluding hydrogens is 216 g/mol. The van der Waals surface area contributed by atoms with Crippen molar-refractivity contribution >= 4 is 23.2 Å². The number of primary amides is 1. The van der Waals surface area contributed by atoms with Crippen LogP contribution in [0.5, 0.6) is 0 Å². The summed E-state index contributed by atoms with van der Waals surface area (Å²) in [6.45, 7) is 0.465. The van der Waals surface area contributed by atoms with Gasteiger partial charge in [-0.05, 0) is 11.4 Å². The van der Waals surface area contributed by atoms with E-state index in [0.29, 0.717) is 11.5 Å². The lowest BCUT2D eigenvalue weighted by molar-refractivity contribution is -0.121. The van der Waals surface area contributed by atoms with E-state index in [1.54, 1.807) is 0 Å². The third kappa shape index (κ3) is 2.00. The lowest BCUT2D eigenvalue weighted by Crippen LogP contribution is -2.48. The van der Waals surface area contributed by atoms with Gasteiger partial charge >= 0.3 is 0 Å². The summed E-state index contributed by atoms with van der Waals surface area (Å²) in [5, 5.41) is 4.35. The molecule has 2 rings (SSSR count). The molecule has 3 N–H and O–H groups in total. The number of nitrogens with two attached hydrogens (primary N) is 1. The smallest absolute Gasteiger partial charge is 0.262 e. The van der Waals surface area contributed by atoms with Crippen LogP contribution in [-0.4, -0.2) is 24.5 Å². The van der Waals surface area contributed by atoms with E-state index >= 15 is 0 Å². The van der Waals surface area contributed by atoms with Gasteiger partial charge in [0.2, 0.25) is 5.91 Å². The Morgan fingerprint density at radius 1 is 1.67 bits per heavy atom. The van der Waals surface area contributed by atoms with E-state index in [0.717, 1.165) is 5.56 Å². The van der Waals surface area contributed by atoms with Gasteiger partial charge in [-0.1, -0.05) is 0 Å². The zero-order valence-corrected chi connectivity index (χ0v) is 8.67. The largest absolute Gasteiger partial charge is 0.374 e. The molecule has 2 amide bonds. The molecule has 15 heavy (non-hydrogen) atoms. The first-order chi connectivity index (χ1) is 7.18. The van der Waals surface area contributed by atoms with Crippen molar-refractivity contribution < 1.29 is 14.3 Å². The first-order valence-corrected chi connectivity index (χ1v) is 5.30. The summed E-state index contributed by atoms with van der Waals surface area (Å²) < 4.78 is 5.27. The Balaban J connectivity index is 2.24. The summed E-state index contributed by atoms with van der Waals surface area (Å²) >= 11 is 1.33. The molecule has 1 aromatic rings. The number of thiophene rings is 1. The topological polar surface area (TPSA) is 81.4 Å². The molecule has 1 aromatic heterocycles. The van der Waals surface area contributed by atoms with Gasteiger partial charge in [0, 0.05) is 5.56 Å². The fourth-order valence-electron chi connectivity index (χ4n) is 1.35. The predicted molar refractivity (Wildman–Crippen MR) is 54.4 cm³/mol. The zero-order chi connectivity index (χ0) is 10.8. The van der Waals surface area contributed by atoms with E-state index in [1.165, 1.54) is 11.3 Å². The van der Waals surface area contributed by atoms with Gasteiger partial charge < -0.3 is 15.8 Å². The van der Waals surface area contributed by atoms with Crippen LogP contribution >= 0.6 is 11.3 Å². The average Bonchev–Trinajstić information content (AvgIpc) is 2.60. The van der Waals surface area contributed by atoms with Crippen molar-refractivity contribution in [3.63, 3.8) is 0 Å². The fourth-order valence-corrected chi connectivity index (χ4v) is 2.17. The Morgan fingerprint density at radius 3 is 3.20 bits per heavy atom. The van der Waals surface area contributed by atoms with Crippen molar-refractivity contribution in [2.45, 2.75) is 12.6 Å². The predicted octanol–water partition coefficient (Wildman–Crippen LogP) is -0.138. The standard InChI is InChI=1S/C9H10N2O3S/c10-8(12)6-4-14-3-5-1-2-15-7(5)9(13)11-6/h1-2,6H,3-4H2,(H2,10,12)(H,11,13). The highest BCUT2D eigenvalue weighted by atomic mass is 32.1. The highest BCUT2D eigenvalue weighted by molar-refractivity contribution is 7.12. The van der Waals surface area contributed by atoms with Crippen molar-refractivity contribution in [2.24, 2.45) is 5.73 Å². The number of carbonyl (C=O) groups is 2. The second kappa shape index (κ2) is 4.00. The zero-order valence-electron chi connectivity index (χ0n) is 7.86. The molecule has 0 fully saturated rings. The van der Waals surface area contributed by atoms with Crippen molar-refractivity contribution in [3.05, 3.63) is 21.9 Å². The Bertz CT molecular complexity index is 402. The highest BCUT2D eigenvalue weighted by Crippen LogP contribution is 2.19. The maximum absolute atomic E-state index is 11.7. The maximum Gasteiger partial charge on any atom is 0.262 e. The molecule has 0 bridgehead atoms. The molecule has 1 aliphatic rings. The summed E-state index contributed by atoms with van der Waals surface area (Å²) in [5.74, 6) is -0.838. The number of hydrogen-bond acceptors (Lipinski definition) is 4. The van der Waals surface area contributed by atoms with E-state index in [2.05, 4.69) is 5.32 Å². The number of hydrogen-bond donors (Lipinski definition) is 2. The van der Waals surface area contributed by atoms with Gasteiger partial charge in [-0.25, -0.2) is 0 Å². The minimum absolute atomic E-state index is 0.121. The molecule has 6 heteroatoms. The number of carbonyl (C=O) groups excluding carboxylic acids is 2. The summed E-state index contributed by atoms with van der Waals surface area (Å²) in [5.41, 5.74) is 5.96. The van der Waals surface area contributed by atoms with Crippen LogP contribution in [0.2, 0.25) is 0 Å². The lowest BCUT2D eigenvalue weighted by atomic mass is 10.2. The molecule has 0 aromatic carbocycles. The molecule has 0 saturated heterocycles. The Kier molecular flexibility index (Phi) is 2.70. The molecule has 0 aliphatic carbocycles. The molecule has 1 atom stereocenters. The second-order valence-corrected chi connectivity index (χ2v) is 4.13. The van der Waals surface area contributed by atoms with E-state index < -0.39 is 11.9 Å². The first-order valence-electron chi connectivity index (χ1n) is 4.43. The van der Waals surface area contributed by atoms with Crippen LogP contribution in [0.15, 0.2) is 11.4 Å². The van der Waals surface area contributed by atoms with Crippen molar-refractivity contribution in [1.29, 1.82) is 0 Å². The molecule has 1 unspecified atom stereocenters. The van der Waals surface area contributed by atoms with Gasteiger partial charge in [0.15, 0.2) is 0 Å². The van der Waals surface area contributed by atoms with E-state index in [4.69, 9.17) is 10.5 Å². The van der Waals surface area contributed by atoms with Crippen LogP contribution in [0.1, 0.15) is 15.2 Å². The van der Waals surface area contributed by atoms with Crippen molar-refractivity contribution in [2.75, 3.05) is 6.61 Å². The minimum atomic E-state index is -0.743. The average molecular weight is 226 g/mol. The van der Waals surface area contributed by atoms with Gasteiger partial charge in [0.05, 0.1) is 18.1 Å². The first kappa shape index (κ1) is 10.1. The molecule has 2 heterocycles. The molecular formula is C9H10N2O3S. The van der Waals surface area contributed by atoms with Crippen molar-refractivity contribution in [1.82, 2.24) is 5.32 Å². The van der Waals surface area contributed by atoms with E-state index in [-0.39, 0.29) is 12.5 Å². The van der Waals surface area contributed by atoms with Crippen LogP contribution in [-0.2, 0) is 16.1 Å². The van der Waals surface area contributed by atoms with Crippen LogP contribution in [0.3, 0.4) is 0 Å². The monoisotopic (exact) mass is 226 g/mol. The molecule has 5 nitrogen and oxygen atoms in total. The fraction of sp³-hybridized carbons (Fsp3) is 0.333. The summed E-state index contributed by atoms with van der Waals surface area (Å²) in [6, 6.07) is 1.09. The Labute approximate surface area is 90.2 Å². The normalized spacial score (nSPS) is 21.1. The summed E-state index contributed by atoms with van der Waals surface area (Å²) in [6.07, 6.45) is 0. The van der Waals surface area contributed by atoms with Crippen LogP contribution in [0, 0.1) is 0 Å². The van der Waals surface area contributed by atoms with E-state index in [1.807, 2.05) is 11.4 Å². The number of rotatable bonds is 1. The Morgan fingerprint density at radius 2 is 2.47 bits per heavy atom. The maximum atomic E-state index is 11.7. The number of nitrogens with one attached hydrogen (secondary N) is 1. The van der Waals surface area contributed by atoms with Crippen molar-refractivity contribution in [3.8, 4) is 0 Å². The quantitative estimate of drug-likeness (QED) is 0.699. The SMILES string of the molecule is NC(=O)C1COCc2ccsc2C(=O)N1. The molecule has 80 valence electrons. The molecule has 0 radical (unpaired) electrons. The van der Waals surface area contributed by atoms with Gasteiger partial charge in [-0.3, -0.25) is 9.59 Å². The minimum Gasteiger partial charge on any atom is -0.374 e. The number of amides is 2. The third-order valence-electron chi connectivity index (χ3n) is 2.14. The Hall–Kier alpha value is -1.40. The van der Waals surface area contributed by atoms with Crippen LogP contribution in [0.4, 0.5) is 0 Å². The molecule has 0 spiro atoms. The summed E-state index contributed by atoms with van der Waals surface area (Å²) in [4.78, 5) is 23.2. The third-order valence-corrected chi connectivity index (χ3v) is 3.10. The number of fused-ring (bicyclic) bond motifs is 1. The second-order valence-electron chi connectivity index (χ2n) is 3.22.